The lowest BCUT2D eigenvalue weighted by Crippen LogP contribution is -2.50. The molecule has 122 valence electrons. The van der Waals surface area contributed by atoms with Gasteiger partial charge in [-0.2, -0.15) is 0 Å². The van der Waals surface area contributed by atoms with Gasteiger partial charge in [0.1, 0.15) is 5.52 Å². The maximum Gasteiger partial charge on any atom is 0.289 e. The first-order valence-electron chi connectivity index (χ1n) is 7.68. The number of nitrogens with zero attached hydrogens (tertiary/aromatic N) is 3. The Labute approximate surface area is 137 Å². The van der Waals surface area contributed by atoms with Crippen molar-refractivity contribution in [3.63, 3.8) is 0 Å². The molecule has 2 aromatic heterocycles. The number of furan rings is 1. The molecular formula is C17H15N3O4. The molecule has 1 aromatic carbocycles. The number of hydrogen-bond donors (Lipinski definition) is 0. The fraction of sp³-hybridized carbons (Fsp3) is 0.235. The number of rotatable bonds is 2. The van der Waals surface area contributed by atoms with E-state index in [9.17, 15) is 9.59 Å². The molecule has 1 aliphatic heterocycles. The lowest BCUT2D eigenvalue weighted by molar-refractivity contribution is 0.0518. The number of benzene rings is 1. The summed E-state index contributed by atoms with van der Waals surface area (Å²) in [5, 5.41) is 0. The van der Waals surface area contributed by atoms with Gasteiger partial charge in [0.25, 0.3) is 11.8 Å². The number of carbonyl (C=O) groups excluding carboxylic acids is 2. The van der Waals surface area contributed by atoms with Crippen LogP contribution in [-0.4, -0.2) is 52.8 Å². The standard InChI is InChI=1S/C17H15N3O4/c21-16(12-3-4-14-13(10-12)18-11-24-14)19-5-7-20(8-6-19)17(22)15-2-1-9-23-15/h1-4,9-11H,5-8H2. The van der Waals surface area contributed by atoms with Gasteiger partial charge in [0.15, 0.2) is 17.7 Å². The molecule has 0 atom stereocenters. The van der Waals surface area contributed by atoms with E-state index in [0.717, 1.165) is 0 Å². The van der Waals surface area contributed by atoms with E-state index in [-0.39, 0.29) is 11.8 Å². The Balaban J connectivity index is 1.43. The second-order valence-electron chi connectivity index (χ2n) is 5.60. The van der Waals surface area contributed by atoms with Gasteiger partial charge in [-0.1, -0.05) is 0 Å². The number of hydrogen-bond acceptors (Lipinski definition) is 5. The molecule has 3 aromatic rings. The maximum absolute atomic E-state index is 12.6. The maximum atomic E-state index is 12.6. The highest BCUT2D eigenvalue weighted by Gasteiger charge is 2.26. The topological polar surface area (TPSA) is 79.8 Å². The van der Waals surface area contributed by atoms with E-state index in [2.05, 4.69) is 4.98 Å². The Hall–Kier alpha value is -3.09. The summed E-state index contributed by atoms with van der Waals surface area (Å²) in [5.41, 5.74) is 1.88. The number of carbonyl (C=O) groups is 2. The molecule has 0 unspecified atom stereocenters. The first kappa shape index (κ1) is 14.5. The molecular weight excluding hydrogens is 310 g/mol. The highest BCUT2D eigenvalue weighted by Crippen LogP contribution is 2.17. The second kappa shape index (κ2) is 5.84. The van der Waals surface area contributed by atoms with Crippen molar-refractivity contribution in [3.05, 3.63) is 54.3 Å². The third-order valence-corrected chi connectivity index (χ3v) is 4.16. The Kier molecular flexibility index (Phi) is 3.53. The summed E-state index contributed by atoms with van der Waals surface area (Å²) in [6.07, 6.45) is 2.84. The van der Waals surface area contributed by atoms with Gasteiger partial charge in [-0.25, -0.2) is 4.98 Å². The number of oxazole rings is 1. The van der Waals surface area contributed by atoms with Crippen LogP contribution in [-0.2, 0) is 0 Å². The molecule has 4 rings (SSSR count). The number of piperazine rings is 1. The van der Waals surface area contributed by atoms with Crippen LogP contribution in [0.5, 0.6) is 0 Å². The van der Waals surface area contributed by atoms with Crippen LogP contribution in [0.2, 0.25) is 0 Å². The Bertz CT molecular complexity index is 876. The van der Waals surface area contributed by atoms with Crippen LogP contribution in [0.1, 0.15) is 20.9 Å². The summed E-state index contributed by atoms with van der Waals surface area (Å²) >= 11 is 0. The molecule has 3 heterocycles. The minimum Gasteiger partial charge on any atom is -0.459 e. The van der Waals surface area contributed by atoms with Gasteiger partial charge < -0.3 is 18.6 Å². The molecule has 24 heavy (non-hydrogen) atoms. The summed E-state index contributed by atoms with van der Waals surface area (Å²) in [6.45, 7) is 1.94. The van der Waals surface area contributed by atoms with Crippen LogP contribution >= 0.6 is 0 Å². The van der Waals surface area contributed by atoms with Crippen molar-refractivity contribution >= 4 is 22.9 Å². The van der Waals surface area contributed by atoms with Crippen LogP contribution in [0.4, 0.5) is 0 Å². The van der Waals surface area contributed by atoms with Crippen molar-refractivity contribution in [3.8, 4) is 0 Å². The van der Waals surface area contributed by atoms with Gasteiger partial charge in [-0.3, -0.25) is 9.59 Å². The SMILES string of the molecule is O=C(c1ccc2ocnc2c1)N1CCN(C(=O)c2ccco2)CC1. The highest BCUT2D eigenvalue weighted by atomic mass is 16.3. The minimum absolute atomic E-state index is 0.0648. The smallest absolute Gasteiger partial charge is 0.289 e. The minimum atomic E-state index is -0.142. The lowest BCUT2D eigenvalue weighted by atomic mass is 10.1. The summed E-state index contributed by atoms with van der Waals surface area (Å²) in [7, 11) is 0. The first-order valence-corrected chi connectivity index (χ1v) is 7.68. The van der Waals surface area contributed by atoms with Gasteiger partial charge in [-0.05, 0) is 30.3 Å². The normalized spacial score (nSPS) is 15.0. The van der Waals surface area contributed by atoms with Crippen LogP contribution in [0.3, 0.4) is 0 Å². The highest BCUT2D eigenvalue weighted by molar-refractivity contribution is 5.97. The fourth-order valence-corrected chi connectivity index (χ4v) is 2.84. The van der Waals surface area contributed by atoms with Crippen LogP contribution in [0.25, 0.3) is 11.1 Å². The van der Waals surface area contributed by atoms with Crippen molar-refractivity contribution in [2.45, 2.75) is 0 Å². The molecule has 2 amide bonds. The van der Waals surface area contributed by atoms with Crippen molar-refractivity contribution < 1.29 is 18.4 Å². The van der Waals surface area contributed by atoms with E-state index in [1.807, 2.05) is 0 Å². The first-order chi connectivity index (χ1) is 11.7. The molecule has 0 radical (unpaired) electrons. The van der Waals surface area contributed by atoms with E-state index in [4.69, 9.17) is 8.83 Å². The zero-order valence-corrected chi connectivity index (χ0v) is 12.8. The average molecular weight is 325 g/mol. The van der Waals surface area contributed by atoms with Crippen LogP contribution in [0.15, 0.2) is 51.8 Å². The predicted octanol–water partition coefficient (Wildman–Crippen LogP) is 2.02. The van der Waals surface area contributed by atoms with Gasteiger partial charge in [0.05, 0.1) is 6.26 Å². The van der Waals surface area contributed by atoms with E-state index in [1.54, 1.807) is 40.1 Å². The Morgan fingerprint density at radius 2 is 1.71 bits per heavy atom. The quantitative estimate of drug-likeness (QED) is 0.720. The molecule has 0 saturated carbocycles. The largest absolute Gasteiger partial charge is 0.459 e. The average Bonchev–Trinajstić information content (AvgIpc) is 3.31. The molecule has 0 spiro atoms. The van der Waals surface area contributed by atoms with Crippen molar-refractivity contribution in [2.75, 3.05) is 26.2 Å². The molecule has 1 aliphatic rings. The summed E-state index contributed by atoms with van der Waals surface area (Å²) in [6, 6.07) is 8.53. The van der Waals surface area contributed by atoms with Crippen molar-refractivity contribution in [1.82, 2.24) is 14.8 Å². The zero-order valence-electron chi connectivity index (χ0n) is 12.8. The van der Waals surface area contributed by atoms with Gasteiger partial charge in [0.2, 0.25) is 0 Å². The van der Waals surface area contributed by atoms with Gasteiger partial charge in [-0.15, -0.1) is 0 Å². The molecule has 0 bridgehead atoms. The number of amides is 2. The Morgan fingerprint density at radius 1 is 0.958 bits per heavy atom. The molecule has 7 nitrogen and oxygen atoms in total. The van der Waals surface area contributed by atoms with Crippen molar-refractivity contribution in [2.24, 2.45) is 0 Å². The predicted molar refractivity (Wildman–Crippen MR) is 84.5 cm³/mol. The number of fused-ring (bicyclic) bond motifs is 1. The summed E-state index contributed by atoms with van der Waals surface area (Å²) in [4.78, 5) is 32.4. The molecule has 7 heteroatoms. The molecule has 0 N–H and O–H groups in total. The molecule has 1 fully saturated rings. The third-order valence-electron chi connectivity index (χ3n) is 4.16. The Morgan fingerprint density at radius 3 is 2.42 bits per heavy atom. The summed E-state index contributed by atoms with van der Waals surface area (Å²) < 4.78 is 10.3. The van der Waals surface area contributed by atoms with Crippen LogP contribution < -0.4 is 0 Å². The van der Waals surface area contributed by atoms with E-state index >= 15 is 0 Å². The van der Waals surface area contributed by atoms with E-state index in [1.165, 1.54) is 12.7 Å². The lowest BCUT2D eigenvalue weighted by Gasteiger charge is -2.34. The van der Waals surface area contributed by atoms with Gasteiger partial charge in [0, 0.05) is 31.7 Å². The summed E-state index contributed by atoms with van der Waals surface area (Å²) in [5.74, 6) is 0.118. The van der Waals surface area contributed by atoms with Crippen LogP contribution in [0, 0.1) is 0 Å². The van der Waals surface area contributed by atoms with Gasteiger partial charge >= 0.3 is 0 Å². The fourth-order valence-electron chi connectivity index (χ4n) is 2.84. The zero-order chi connectivity index (χ0) is 16.5. The number of aromatic nitrogens is 1. The van der Waals surface area contributed by atoms with Crippen molar-refractivity contribution in [1.29, 1.82) is 0 Å². The molecule has 1 saturated heterocycles. The molecule has 0 aliphatic carbocycles. The van der Waals surface area contributed by atoms with E-state index in [0.29, 0.717) is 48.6 Å². The van der Waals surface area contributed by atoms with E-state index < -0.39 is 0 Å². The second-order valence-corrected chi connectivity index (χ2v) is 5.60. The monoisotopic (exact) mass is 325 g/mol. The third kappa shape index (κ3) is 2.54.